The molecular formula is C18H23N5O3. The molecule has 138 valence electrons. The summed E-state index contributed by atoms with van der Waals surface area (Å²) in [5, 5.41) is 0. The maximum Gasteiger partial charge on any atom is 0.255 e. The summed E-state index contributed by atoms with van der Waals surface area (Å²) in [6, 6.07) is 4.94. The quantitative estimate of drug-likeness (QED) is 0.866. The Morgan fingerprint density at radius 3 is 2.88 bits per heavy atom. The number of ether oxygens (including phenoxy) is 1. The van der Waals surface area contributed by atoms with Crippen molar-refractivity contribution in [2.75, 3.05) is 38.7 Å². The Bertz CT molecular complexity index is 831. The van der Waals surface area contributed by atoms with E-state index in [0.29, 0.717) is 37.1 Å². The maximum atomic E-state index is 12.7. The molecule has 1 aliphatic heterocycles. The van der Waals surface area contributed by atoms with Crippen LogP contribution >= 0.6 is 0 Å². The van der Waals surface area contributed by atoms with Gasteiger partial charge in [-0.15, -0.1) is 0 Å². The zero-order valence-electron chi connectivity index (χ0n) is 15.2. The largest absolute Gasteiger partial charge is 0.478 e. The second-order valence-electron chi connectivity index (χ2n) is 6.44. The molecule has 0 aromatic carbocycles. The Labute approximate surface area is 151 Å². The number of hydrogen-bond acceptors (Lipinski definition) is 6. The van der Waals surface area contributed by atoms with Crippen LogP contribution in [0.25, 0.3) is 0 Å². The van der Waals surface area contributed by atoms with Gasteiger partial charge in [0.1, 0.15) is 0 Å². The number of carbonyl (C=O) groups excluding carboxylic acids is 1. The number of likely N-dealkylation sites (tertiary alicyclic amines) is 1. The summed E-state index contributed by atoms with van der Waals surface area (Å²) in [4.78, 5) is 39.5. The van der Waals surface area contributed by atoms with Crippen molar-refractivity contribution in [2.45, 2.75) is 19.3 Å². The van der Waals surface area contributed by atoms with Gasteiger partial charge in [-0.3, -0.25) is 14.6 Å². The van der Waals surface area contributed by atoms with Crippen molar-refractivity contribution in [3.8, 4) is 5.88 Å². The topological polar surface area (TPSA) is 91.4 Å². The van der Waals surface area contributed by atoms with E-state index in [4.69, 9.17) is 4.74 Å². The van der Waals surface area contributed by atoms with Crippen molar-refractivity contribution in [1.29, 1.82) is 0 Å². The lowest BCUT2D eigenvalue weighted by Crippen LogP contribution is -2.29. The minimum absolute atomic E-state index is 0.0515. The van der Waals surface area contributed by atoms with Gasteiger partial charge in [0.2, 0.25) is 11.8 Å². The fraction of sp³-hybridized carbons (Fsp3) is 0.444. The predicted molar refractivity (Wildman–Crippen MR) is 97.9 cm³/mol. The monoisotopic (exact) mass is 357 g/mol. The number of pyridine rings is 1. The van der Waals surface area contributed by atoms with Crippen LogP contribution in [0.3, 0.4) is 0 Å². The smallest absolute Gasteiger partial charge is 0.255 e. The number of aromatic nitrogens is 3. The second kappa shape index (κ2) is 7.55. The summed E-state index contributed by atoms with van der Waals surface area (Å²) in [5.41, 5.74) is 1.07. The molecule has 1 amide bonds. The van der Waals surface area contributed by atoms with Crippen LogP contribution in [-0.2, 0) is 0 Å². The lowest BCUT2D eigenvalue weighted by molar-refractivity contribution is 0.0790. The second-order valence-corrected chi connectivity index (χ2v) is 6.44. The molecular weight excluding hydrogens is 334 g/mol. The fourth-order valence-corrected chi connectivity index (χ4v) is 2.99. The van der Waals surface area contributed by atoms with Gasteiger partial charge in [0.15, 0.2) is 0 Å². The Morgan fingerprint density at radius 1 is 1.42 bits per heavy atom. The van der Waals surface area contributed by atoms with Crippen LogP contribution in [0.15, 0.2) is 29.2 Å². The number of aromatic amines is 1. The van der Waals surface area contributed by atoms with Gasteiger partial charge >= 0.3 is 0 Å². The van der Waals surface area contributed by atoms with E-state index in [2.05, 4.69) is 15.0 Å². The summed E-state index contributed by atoms with van der Waals surface area (Å²) in [7, 11) is 3.65. The standard InChI is InChI=1S/C18H23N5O3/c1-4-26-16-6-5-12(10-19-16)17(25)23-8-7-13(11-23)14-9-15(24)21-18(20-14)22(2)3/h5-6,9-10,13H,4,7-8,11H2,1-3H3,(H,20,21,24). The highest BCUT2D eigenvalue weighted by molar-refractivity contribution is 5.94. The van der Waals surface area contributed by atoms with E-state index in [1.807, 2.05) is 21.0 Å². The molecule has 0 radical (unpaired) electrons. The molecule has 0 bridgehead atoms. The molecule has 2 aromatic rings. The third-order valence-electron chi connectivity index (χ3n) is 4.34. The first-order valence-electron chi connectivity index (χ1n) is 8.64. The summed E-state index contributed by atoms with van der Waals surface area (Å²) in [6.07, 6.45) is 2.32. The number of amides is 1. The minimum Gasteiger partial charge on any atom is -0.478 e. The average molecular weight is 357 g/mol. The molecule has 0 saturated carbocycles. The number of anilines is 1. The number of carbonyl (C=O) groups is 1. The lowest BCUT2D eigenvalue weighted by atomic mass is 10.1. The maximum absolute atomic E-state index is 12.7. The van der Waals surface area contributed by atoms with Crippen LogP contribution in [0.5, 0.6) is 5.88 Å². The highest BCUT2D eigenvalue weighted by atomic mass is 16.5. The van der Waals surface area contributed by atoms with Gasteiger partial charge in [0.25, 0.3) is 11.5 Å². The molecule has 3 rings (SSSR count). The number of rotatable bonds is 5. The van der Waals surface area contributed by atoms with E-state index in [0.717, 1.165) is 12.1 Å². The van der Waals surface area contributed by atoms with Gasteiger partial charge in [-0.1, -0.05) is 0 Å². The SMILES string of the molecule is CCOc1ccc(C(=O)N2CCC(c3cc(=O)[nH]c(N(C)C)n3)C2)cn1. The molecule has 3 heterocycles. The Morgan fingerprint density at radius 2 is 2.23 bits per heavy atom. The van der Waals surface area contributed by atoms with Crippen molar-refractivity contribution in [3.05, 3.63) is 46.0 Å². The van der Waals surface area contributed by atoms with Crippen LogP contribution in [0.4, 0.5) is 5.95 Å². The Balaban J connectivity index is 1.72. The van der Waals surface area contributed by atoms with E-state index in [-0.39, 0.29) is 17.4 Å². The van der Waals surface area contributed by atoms with Crippen LogP contribution in [-0.4, -0.2) is 59.6 Å². The molecule has 1 atom stereocenters. The van der Waals surface area contributed by atoms with Crippen molar-refractivity contribution in [3.63, 3.8) is 0 Å². The van der Waals surface area contributed by atoms with Gasteiger partial charge in [-0.2, -0.15) is 0 Å². The van der Waals surface area contributed by atoms with Gasteiger partial charge in [0.05, 0.1) is 17.9 Å². The molecule has 26 heavy (non-hydrogen) atoms. The fourth-order valence-electron chi connectivity index (χ4n) is 2.99. The normalized spacial score (nSPS) is 16.6. The summed E-state index contributed by atoms with van der Waals surface area (Å²) in [5.74, 6) is 1.01. The Hall–Kier alpha value is -2.90. The molecule has 8 nitrogen and oxygen atoms in total. The van der Waals surface area contributed by atoms with E-state index in [9.17, 15) is 9.59 Å². The van der Waals surface area contributed by atoms with Crippen LogP contribution in [0.1, 0.15) is 35.3 Å². The molecule has 1 aliphatic rings. The number of nitrogens with zero attached hydrogens (tertiary/aromatic N) is 4. The number of H-pyrrole nitrogens is 1. The first-order valence-corrected chi connectivity index (χ1v) is 8.64. The van der Waals surface area contributed by atoms with Crippen LogP contribution in [0, 0.1) is 0 Å². The van der Waals surface area contributed by atoms with Gasteiger partial charge in [-0.25, -0.2) is 9.97 Å². The molecule has 2 aromatic heterocycles. The van der Waals surface area contributed by atoms with Gasteiger partial charge < -0.3 is 14.5 Å². The predicted octanol–water partition coefficient (Wildman–Crippen LogP) is 1.26. The summed E-state index contributed by atoms with van der Waals surface area (Å²) in [6.45, 7) is 3.58. The molecule has 1 N–H and O–H groups in total. The van der Waals surface area contributed by atoms with Crippen molar-refractivity contribution >= 4 is 11.9 Å². The molecule has 1 unspecified atom stereocenters. The molecule has 0 spiro atoms. The highest BCUT2D eigenvalue weighted by Gasteiger charge is 2.29. The summed E-state index contributed by atoms with van der Waals surface area (Å²) >= 11 is 0. The number of nitrogens with one attached hydrogen (secondary N) is 1. The first kappa shape index (κ1) is 17.9. The Kier molecular flexibility index (Phi) is 5.20. The van der Waals surface area contributed by atoms with E-state index >= 15 is 0 Å². The summed E-state index contributed by atoms with van der Waals surface area (Å²) < 4.78 is 5.30. The third-order valence-corrected chi connectivity index (χ3v) is 4.34. The van der Waals surface area contributed by atoms with Crippen molar-refractivity contribution in [2.24, 2.45) is 0 Å². The third kappa shape index (κ3) is 3.84. The molecule has 1 saturated heterocycles. The van der Waals surface area contributed by atoms with E-state index in [1.54, 1.807) is 21.9 Å². The first-order chi connectivity index (χ1) is 12.5. The van der Waals surface area contributed by atoms with E-state index < -0.39 is 0 Å². The van der Waals surface area contributed by atoms with Crippen LogP contribution in [0.2, 0.25) is 0 Å². The van der Waals surface area contributed by atoms with Crippen molar-refractivity contribution in [1.82, 2.24) is 19.9 Å². The molecule has 0 aliphatic carbocycles. The number of hydrogen-bond donors (Lipinski definition) is 1. The van der Waals surface area contributed by atoms with Gasteiger partial charge in [-0.05, 0) is 19.4 Å². The highest BCUT2D eigenvalue weighted by Crippen LogP contribution is 2.27. The van der Waals surface area contributed by atoms with Crippen LogP contribution < -0.4 is 15.2 Å². The minimum atomic E-state index is -0.181. The molecule has 1 fully saturated rings. The van der Waals surface area contributed by atoms with Gasteiger partial charge in [0, 0.05) is 51.4 Å². The average Bonchev–Trinajstić information content (AvgIpc) is 3.11. The van der Waals surface area contributed by atoms with Crippen molar-refractivity contribution < 1.29 is 9.53 Å². The molecule has 8 heteroatoms. The zero-order chi connectivity index (χ0) is 18.7. The van der Waals surface area contributed by atoms with E-state index in [1.165, 1.54) is 12.3 Å². The zero-order valence-corrected chi connectivity index (χ0v) is 15.2. The lowest BCUT2D eigenvalue weighted by Gasteiger charge is -2.17.